The van der Waals surface area contributed by atoms with Crippen molar-refractivity contribution in [2.75, 3.05) is 0 Å². The molecule has 0 saturated carbocycles. The summed E-state index contributed by atoms with van der Waals surface area (Å²) >= 11 is 0. The lowest BCUT2D eigenvalue weighted by atomic mass is 10.1. The summed E-state index contributed by atoms with van der Waals surface area (Å²) in [5.74, 6) is -0.769. The number of benzene rings is 1. The van der Waals surface area contributed by atoms with Gasteiger partial charge < -0.3 is 9.67 Å². The van der Waals surface area contributed by atoms with Crippen LogP contribution in [0.4, 0.5) is 0 Å². The van der Waals surface area contributed by atoms with E-state index < -0.39 is 5.97 Å². The molecule has 1 aromatic heterocycles. The van der Waals surface area contributed by atoms with E-state index in [2.05, 4.69) is 6.92 Å². The molecule has 0 aliphatic heterocycles. The van der Waals surface area contributed by atoms with Crippen molar-refractivity contribution in [3.63, 3.8) is 0 Å². The lowest BCUT2D eigenvalue weighted by molar-refractivity contribution is -0.137. The van der Waals surface area contributed by atoms with Crippen molar-refractivity contribution < 1.29 is 14.7 Å². The summed E-state index contributed by atoms with van der Waals surface area (Å²) in [4.78, 5) is 23.4. The molecule has 27 heavy (non-hydrogen) atoms. The smallest absolute Gasteiger partial charge is 0.303 e. The molecule has 146 valence electrons. The van der Waals surface area contributed by atoms with Gasteiger partial charge in [0.15, 0.2) is 5.78 Å². The molecule has 0 aliphatic rings. The average Bonchev–Trinajstić information content (AvgIpc) is 3.02. The van der Waals surface area contributed by atoms with Gasteiger partial charge in [-0.1, -0.05) is 63.3 Å². The van der Waals surface area contributed by atoms with E-state index in [1.54, 1.807) is 6.08 Å². The fourth-order valence-corrected chi connectivity index (χ4v) is 3.35. The van der Waals surface area contributed by atoms with Gasteiger partial charge in [0.05, 0.1) is 0 Å². The van der Waals surface area contributed by atoms with E-state index in [0.29, 0.717) is 18.5 Å². The van der Waals surface area contributed by atoms with E-state index in [9.17, 15) is 9.59 Å². The molecular formula is C23H31NO3. The molecule has 0 unspecified atom stereocenters. The van der Waals surface area contributed by atoms with Crippen LogP contribution in [0.15, 0.2) is 42.6 Å². The molecule has 0 saturated heterocycles. The van der Waals surface area contributed by atoms with E-state index in [-0.39, 0.29) is 12.2 Å². The van der Waals surface area contributed by atoms with Crippen LogP contribution in [0.25, 0.3) is 10.9 Å². The Hall–Kier alpha value is -2.36. The maximum atomic E-state index is 12.6. The minimum absolute atomic E-state index is 0.0224. The van der Waals surface area contributed by atoms with Gasteiger partial charge in [0, 0.05) is 35.6 Å². The number of para-hydroxylation sites is 1. The molecule has 2 aromatic rings. The zero-order valence-corrected chi connectivity index (χ0v) is 16.3. The predicted octanol–water partition coefficient (Wildman–Crippen LogP) is 6.00. The van der Waals surface area contributed by atoms with Gasteiger partial charge >= 0.3 is 5.97 Å². The van der Waals surface area contributed by atoms with E-state index in [1.165, 1.54) is 32.1 Å². The van der Waals surface area contributed by atoms with Crippen LogP contribution in [0.3, 0.4) is 0 Å². The second-order valence-corrected chi connectivity index (χ2v) is 7.07. The maximum absolute atomic E-state index is 12.6. The minimum atomic E-state index is -0.791. The first kappa shape index (κ1) is 20.9. The number of hydrogen-bond donors (Lipinski definition) is 1. The first-order valence-electron chi connectivity index (χ1n) is 10.1. The number of carboxylic acid groups (broad SMARTS) is 1. The van der Waals surface area contributed by atoms with Crippen molar-refractivity contribution in [2.45, 2.75) is 71.3 Å². The third-order valence-corrected chi connectivity index (χ3v) is 4.84. The van der Waals surface area contributed by atoms with Crippen LogP contribution in [-0.4, -0.2) is 21.4 Å². The van der Waals surface area contributed by atoms with Crippen LogP contribution < -0.4 is 0 Å². The van der Waals surface area contributed by atoms with E-state index in [4.69, 9.17) is 5.11 Å². The van der Waals surface area contributed by atoms with Crippen molar-refractivity contribution in [3.8, 4) is 0 Å². The van der Waals surface area contributed by atoms with E-state index in [1.807, 2.05) is 41.1 Å². The number of rotatable bonds is 13. The highest BCUT2D eigenvalue weighted by molar-refractivity contribution is 6.13. The lowest BCUT2D eigenvalue weighted by Crippen LogP contribution is -2.01. The van der Waals surface area contributed by atoms with Crippen molar-refractivity contribution in [1.29, 1.82) is 0 Å². The third kappa shape index (κ3) is 6.70. The summed E-state index contributed by atoms with van der Waals surface area (Å²) in [6.07, 6.45) is 14.7. The number of unbranched alkanes of at least 4 members (excludes halogenated alkanes) is 6. The number of ketones is 1. The standard InChI is InChI=1S/C23H31NO3/c1-2-3-4-5-6-7-8-9-15-22(25)20-18-24(17-12-16-23(26)27)21-14-11-10-13-19(20)21/h9-11,13-15,18H,2-8,12,16-17H2,1H3,(H,26,27)/b15-9+. The molecule has 0 radical (unpaired) electrons. The highest BCUT2D eigenvalue weighted by Gasteiger charge is 2.12. The van der Waals surface area contributed by atoms with Crippen LogP contribution >= 0.6 is 0 Å². The second kappa shape index (κ2) is 11.4. The SMILES string of the molecule is CCCCCCCC/C=C/C(=O)c1cn(CCCC(=O)O)c2ccccc12. The zero-order chi connectivity index (χ0) is 19.5. The number of aryl methyl sites for hydroxylation is 1. The zero-order valence-electron chi connectivity index (χ0n) is 16.3. The summed E-state index contributed by atoms with van der Waals surface area (Å²) < 4.78 is 1.99. The number of hydrogen-bond acceptors (Lipinski definition) is 2. The van der Waals surface area contributed by atoms with E-state index in [0.717, 1.165) is 23.7 Å². The Bertz CT molecular complexity index is 773. The second-order valence-electron chi connectivity index (χ2n) is 7.07. The molecule has 2 rings (SSSR count). The molecule has 0 spiro atoms. The van der Waals surface area contributed by atoms with Crippen molar-refractivity contribution in [3.05, 3.63) is 48.2 Å². The van der Waals surface area contributed by atoms with Crippen LogP contribution in [0.2, 0.25) is 0 Å². The van der Waals surface area contributed by atoms with E-state index >= 15 is 0 Å². The molecule has 0 aliphatic carbocycles. The molecule has 4 nitrogen and oxygen atoms in total. The summed E-state index contributed by atoms with van der Waals surface area (Å²) in [7, 11) is 0. The summed E-state index contributed by atoms with van der Waals surface area (Å²) in [6.45, 7) is 2.82. The first-order chi connectivity index (χ1) is 13.1. The lowest BCUT2D eigenvalue weighted by Gasteiger charge is -2.03. The number of carbonyl (C=O) groups is 2. The molecule has 0 amide bonds. The van der Waals surface area contributed by atoms with Crippen molar-refractivity contribution in [1.82, 2.24) is 4.57 Å². The minimum Gasteiger partial charge on any atom is -0.481 e. The number of nitrogens with zero attached hydrogens (tertiary/aromatic N) is 1. The monoisotopic (exact) mass is 369 g/mol. The molecule has 0 atom stereocenters. The van der Waals surface area contributed by atoms with Crippen LogP contribution in [-0.2, 0) is 11.3 Å². The predicted molar refractivity (Wildman–Crippen MR) is 110 cm³/mol. The number of allylic oxidation sites excluding steroid dienone is 2. The Morgan fingerprint density at radius 2 is 1.78 bits per heavy atom. The molecule has 1 aromatic carbocycles. The first-order valence-corrected chi connectivity index (χ1v) is 10.1. The quantitative estimate of drug-likeness (QED) is 0.268. The Kier molecular flexibility index (Phi) is 8.82. The number of carboxylic acids is 1. The molecule has 0 bridgehead atoms. The number of fused-ring (bicyclic) bond motifs is 1. The van der Waals surface area contributed by atoms with Crippen LogP contribution in [0.5, 0.6) is 0 Å². The average molecular weight is 370 g/mol. The summed E-state index contributed by atoms with van der Waals surface area (Å²) in [6, 6.07) is 7.81. The topological polar surface area (TPSA) is 59.3 Å². The Labute approximate surface area is 161 Å². The van der Waals surface area contributed by atoms with Gasteiger partial charge in [-0.05, 0) is 31.4 Å². The maximum Gasteiger partial charge on any atom is 0.303 e. The van der Waals surface area contributed by atoms with Gasteiger partial charge in [-0.2, -0.15) is 0 Å². The number of carbonyl (C=O) groups excluding carboxylic acids is 1. The molecule has 0 fully saturated rings. The Balaban J connectivity index is 1.95. The fourth-order valence-electron chi connectivity index (χ4n) is 3.35. The van der Waals surface area contributed by atoms with Gasteiger partial charge in [-0.3, -0.25) is 9.59 Å². The van der Waals surface area contributed by atoms with Crippen molar-refractivity contribution in [2.24, 2.45) is 0 Å². The number of aliphatic carboxylic acids is 1. The Morgan fingerprint density at radius 1 is 1.04 bits per heavy atom. The van der Waals surface area contributed by atoms with Gasteiger partial charge in [0.2, 0.25) is 0 Å². The fraction of sp³-hybridized carbons (Fsp3) is 0.478. The van der Waals surface area contributed by atoms with Crippen molar-refractivity contribution >= 4 is 22.7 Å². The van der Waals surface area contributed by atoms with Gasteiger partial charge in [0.1, 0.15) is 0 Å². The summed E-state index contributed by atoms with van der Waals surface area (Å²) in [5, 5.41) is 9.76. The number of aromatic nitrogens is 1. The van der Waals surface area contributed by atoms with Crippen LogP contribution in [0.1, 0.15) is 75.1 Å². The van der Waals surface area contributed by atoms with Gasteiger partial charge in [0.25, 0.3) is 0 Å². The highest BCUT2D eigenvalue weighted by atomic mass is 16.4. The van der Waals surface area contributed by atoms with Gasteiger partial charge in [-0.25, -0.2) is 0 Å². The largest absolute Gasteiger partial charge is 0.481 e. The highest BCUT2D eigenvalue weighted by Crippen LogP contribution is 2.23. The summed E-state index contributed by atoms with van der Waals surface area (Å²) in [5.41, 5.74) is 1.68. The van der Waals surface area contributed by atoms with Crippen LogP contribution in [0, 0.1) is 0 Å². The Morgan fingerprint density at radius 3 is 2.56 bits per heavy atom. The molecule has 4 heteroatoms. The molecule has 1 heterocycles. The molecule has 1 N–H and O–H groups in total. The van der Waals surface area contributed by atoms with Gasteiger partial charge in [-0.15, -0.1) is 0 Å². The molecular weight excluding hydrogens is 338 g/mol. The third-order valence-electron chi connectivity index (χ3n) is 4.84. The normalized spacial score (nSPS) is 11.4.